The minimum absolute atomic E-state index is 0.0491. The van der Waals surface area contributed by atoms with Gasteiger partial charge in [-0.05, 0) is 11.1 Å². The van der Waals surface area contributed by atoms with Crippen molar-refractivity contribution in [1.29, 1.82) is 0 Å². The summed E-state index contributed by atoms with van der Waals surface area (Å²) >= 11 is 0. The fourth-order valence-corrected chi connectivity index (χ4v) is 2.77. The minimum Gasteiger partial charge on any atom is -0.486 e. The number of alkyl halides is 5. The highest BCUT2D eigenvalue weighted by Crippen LogP contribution is 2.39. The summed E-state index contributed by atoms with van der Waals surface area (Å²) in [7, 11) is 0. The monoisotopic (exact) mass is 404 g/mol. The predicted octanol–water partition coefficient (Wildman–Crippen LogP) is 6.82. The Morgan fingerprint density at radius 1 is 0.586 bits per heavy atom. The number of halogens is 5. The van der Waals surface area contributed by atoms with Crippen LogP contribution in [0.1, 0.15) is 16.7 Å². The van der Waals surface area contributed by atoms with Crippen LogP contribution >= 0.6 is 0 Å². The first-order chi connectivity index (χ1) is 13.8. The van der Waals surface area contributed by atoms with E-state index in [4.69, 9.17) is 4.74 Å². The number of ether oxygens (including phenoxy) is 1. The first-order valence-electron chi connectivity index (χ1n) is 8.77. The maximum absolute atomic E-state index is 13.6. The van der Waals surface area contributed by atoms with Crippen LogP contribution in [0.2, 0.25) is 0 Å². The zero-order valence-electron chi connectivity index (χ0n) is 15.2. The van der Waals surface area contributed by atoms with Crippen molar-refractivity contribution in [2.24, 2.45) is 0 Å². The van der Waals surface area contributed by atoms with Gasteiger partial charge in [0.25, 0.3) is 0 Å². The Morgan fingerprint density at radius 3 is 1.34 bits per heavy atom. The SMILES string of the molecule is FC(F)(F)C(F)(F)COC(=C(c1ccccc1)c1ccccc1)c1ccccc1. The number of hydrogen-bond acceptors (Lipinski definition) is 1. The van der Waals surface area contributed by atoms with Crippen LogP contribution in [0.5, 0.6) is 0 Å². The second-order valence-corrected chi connectivity index (χ2v) is 6.29. The van der Waals surface area contributed by atoms with Gasteiger partial charge >= 0.3 is 12.1 Å². The molecule has 3 aromatic carbocycles. The highest BCUT2D eigenvalue weighted by molar-refractivity contribution is 5.96. The normalized spacial score (nSPS) is 11.8. The molecule has 0 bridgehead atoms. The van der Waals surface area contributed by atoms with E-state index in [1.807, 2.05) is 0 Å². The Hall–Kier alpha value is -3.15. The minimum atomic E-state index is -5.70. The van der Waals surface area contributed by atoms with E-state index >= 15 is 0 Å². The van der Waals surface area contributed by atoms with Gasteiger partial charge in [0.05, 0.1) is 0 Å². The molecule has 6 heteroatoms. The molecule has 0 spiro atoms. The van der Waals surface area contributed by atoms with E-state index in [1.54, 1.807) is 91.0 Å². The molecule has 0 saturated heterocycles. The van der Waals surface area contributed by atoms with Crippen molar-refractivity contribution in [3.05, 3.63) is 108 Å². The van der Waals surface area contributed by atoms with E-state index in [0.29, 0.717) is 22.3 Å². The fourth-order valence-electron chi connectivity index (χ4n) is 2.77. The molecule has 1 nitrogen and oxygen atoms in total. The van der Waals surface area contributed by atoms with Crippen LogP contribution in [0.25, 0.3) is 11.3 Å². The highest BCUT2D eigenvalue weighted by Gasteiger charge is 2.58. The smallest absolute Gasteiger partial charge is 0.456 e. The van der Waals surface area contributed by atoms with E-state index in [9.17, 15) is 22.0 Å². The predicted molar refractivity (Wildman–Crippen MR) is 102 cm³/mol. The molecule has 0 atom stereocenters. The lowest BCUT2D eigenvalue weighted by atomic mass is 9.94. The number of hydrogen-bond donors (Lipinski definition) is 0. The molecule has 0 aliphatic carbocycles. The molecule has 0 saturated carbocycles. The average Bonchev–Trinajstić information content (AvgIpc) is 2.72. The molecule has 150 valence electrons. The van der Waals surface area contributed by atoms with Crippen molar-refractivity contribution in [2.45, 2.75) is 12.1 Å². The van der Waals surface area contributed by atoms with Gasteiger partial charge < -0.3 is 4.74 Å². The Morgan fingerprint density at radius 2 is 0.966 bits per heavy atom. The Labute approximate surface area is 165 Å². The number of benzene rings is 3. The first kappa shape index (κ1) is 20.6. The topological polar surface area (TPSA) is 9.23 Å². The fraction of sp³-hybridized carbons (Fsp3) is 0.130. The van der Waals surface area contributed by atoms with Crippen molar-refractivity contribution >= 4 is 11.3 Å². The van der Waals surface area contributed by atoms with E-state index in [1.165, 1.54) is 0 Å². The average molecular weight is 404 g/mol. The van der Waals surface area contributed by atoms with E-state index in [-0.39, 0.29) is 5.76 Å². The van der Waals surface area contributed by atoms with Crippen LogP contribution in [-0.2, 0) is 4.74 Å². The molecule has 0 amide bonds. The molecule has 0 aromatic heterocycles. The molecular formula is C23H17F5O. The van der Waals surface area contributed by atoms with Gasteiger partial charge in [-0.1, -0.05) is 91.0 Å². The summed E-state index contributed by atoms with van der Waals surface area (Å²) in [6, 6.07) is 25.8. The van der Waals surface area contributed by atoms with Crippen LogP contribution in [0.15, 0.2) is 91.0 Å². The maximum Gasteiger partial charge on any atom is 0.456 e. The molecule has 0 unspecified atom stereocenters. The van der Waals surface area contributed by atoms with Gasteiger partial charge in [-0.15, -0.1) is 0 Å². The summed E-state index contributed by atoms with van der Waals surface area (Å²) in [5, 5.41) is 0. The first-order valence-corrected chi connectivity index (χ1v) is 8.77. The maximum atomic E-state index is 13.6. The second kappa shape index (κ2) is 8.47. The molecule has 0 radical (unpaired) electrons. The molecule has 0 N–H and O–H groups in total. The second-order valence-electron chi connectivity index (χ2n) is 6.29. The van der Waals surface area contributed by atoms with Crippen molar-refractivity contribution in [2.75, 3.05) is 6.61 Å². The van der Waals surface area contributed by atoms with Gasteiger partial charge in [0, 0.05) is 11.1 Å². The van der Waals surface area contributed by atoms with Crippen molar-refractivity contribution < 1.29 is 26.7 Å². The summed E-state index contributed by atoms with van der Waals surface area (Å²) in [5.41, 5.74) is 2.09. The van der Waals surface area contributed by atoms with Crippen molar-refractivity contribution in [3.63, 3.8) is 0 Å². The summed E-state index contributed by atoms with van der Waals surface area (Å²) in [5.74, 6) is -5.03. The van der Waals surface area contributed by atoms with Gasteiger partial charge in [-0.25, -0.2) is 0 Å². The lowest BCUT2D eigenvalue weighted by Crippen LogP contribution is -2.40. The molecule has 0 heterocycles. The molecular weight excluding hydrogens is 387 g/mol. The van der Waals surface area contributed by atoms with E-state index in [0.717, 1.165) is 0 Å². The van der Waals surface area contributed by atoms with Gasteiger partial charge in [0.1, 0.15) is 5.76 Å². The van der Waals surface area contributed by atoms with Crippen LogP contribution < -0.4 is 0 Å². The van der Waals surface area contributed by atoms with Gasteiger partial charge in [0.15, 0.2) is 6.61 Å². The summed E-state index contributed by atoms with van der Waals surface area (Å²) in [4.78, 5) is 0. The third-order valence-corrected chi connectivity index (χ3v) is 4.20. The van der Waals surface area contributed by atoms with Crippen LogP contribution in [0.4, 0.5) is 22.0 Å². The Bertz CT molecular complexity index is 907. The van der Waals surface area contributed by atoms with Gasteiger partial charge in [-0.2, -0.15) is 22.0 Å². The van der Waals surface area contributed by atoms with Gasteiger partial charge in [0.2, 0.25) is 0 Å². The Kier molecular flexibility index (Phi) is 6.01. The molecule has 3 aromatic rings. The third kappa shape index (κ3) is 4.83. The van der Waals surface area contributed by atoms with Crippen molar-refractivity contribution in [1.82, 2.24) is 0 Å². The Balaban J connectivity index is 2.18. The van der Waals surface area contributed by atoms with Gasteiger partial charge in [-0.3, -0.25) is 0 Å². The number of rotatable bonds is 6. The quantitative estimate of drug-likeness (QED) is 0.249. The van der Waals surface area contributed by atoms with Crippen LogP contribution in [0, 0.1) is 0 Å². The molecule has 3 rings (SSSR count). The molecule has 0 fully saturated rings. The van der Waals surface area contributed by atoms with E-state index in [2.05, 4.69) is 0 Å². The lowest BCUT2D eigenvalue weighted by Gasteiger charge is -2.23. The summed E-state index contributed by atoms with van der Waals surface area (Å²) < 4.78 is 70.5. The highest BCUT2D eigenvalue weighted by atomic mass is 19.4. The largest absolute Gasteiger partial charge is 0.486 e. The molecule has 0 aliphatic heterocycles. The molecule has 29 heavy (non-hydrogen) atoms. The zero-order valence-corrected chi connectivity index (χ0v) is 15.2. The lowest BCUT2D eigenvalue weighted by molar-refractivity contribution is -0.291. The van der Waals surface area contributed by atoms with Crippen LogP contribution in [-0.4, -0.2) is 18.7 Å². The standard InChI is InChI=1S/C23H17F5O/c24-22(25,23(26,27)28)16-29-21(19-14-8-3-9-15-19)20(17-10-4-1-5-11-17)18-12-6-2-7-13-18/h1-15H,16H2. The molecule has 0 aliphatic rings. The van der Waals surface area contributed by atoms with Crippen LogP contribution in [0.3, 0.4) is 0 Å². The zero-order chi connectivity index (χ0) is 20.9. The van der Waals surface area contributed by atoms with E-state index < -0.39 is 18.7 Å². The third-order valence-electron chi connectivity index (χ3n) is 4.20. The summed E-state index contributed by atoms with van der Waals surface area (Å²) in [6.45, 7) is -1.82. The van der Waals surface area contributed by atoms with Crippen molar-refractivity contribution in [3.8, 4) is 0 Å². The summed E-state index contributed by atoms with van der Waals surface area (Å²) in [6.07, 6.45) is -5.70.